The number of aromatic nitrogens is 1. The number of anilines is 1. The predicted octanol–water partition coefficient (Wildman–Crippen LogP) is 2.44. The number of nitro groups is 1. The van der Waals surface area contributed by atoms with E-state index in [1.165, 1.54) is 12.3 Å². The van der Waals surface area contributed by atoms with Crippen LogP contribution in [0.15, 0.2) is 12.3 Å². The highest BCUT2D eigenvalue weighted by Crippen LogP contribution is 2.31. The molecule has 7 heteroatoms. The average Bonchev–Trinajstić information content (AvgIpc) is 2.33. The largest absolute Gasteiger partial charge is 0.361 e. The lowest BCUT2D eigenvalue weighted by molar-refractivity contribution is -0.384. The van der Waals surface area contributed by atoms with Crippen LogP contribution in [0.2, 0.25) is 5.02 Å². The minimum Gasteiger partial charge on any atom is -0.361 e. The molecule has 1 fully saturated rings. The van der Waals surface area contributed by atoms with Gasteiger partial charge in [-0.15, -0.1) is 0 Å². The molecule has 0 aromatic carbocycles. The van der Waals surface area contributed by atoms with Gasteiger partial charge >= 0.3 is 5.69 Å². The number of nitrogens with zero attached hydrogens (tertiary/aromatic N) is 2. The predicted molar refractivity (Wildman–Crippen MR) is 74.6 cm³/mol. The van der Waals surface area contributed by atoms with Gasteiger partial charge in [0.1, 0.15) is 0 Å². The Bertz CT molecular complexity index is 493. The van der Waals surface area contributed by atoms with E-state index >= 15 is 0 Å². The summed E-state index contributed by atoms with van der Waals surface area (Å²) in [5, 5.41) is 17.8. The Morgan fingerprint density at radius 3 is 3.00 bits per heavy atom. The Hall–Kier alpha value is -1.40. The Morgan fingerprint density at radius 1 is 1.63 bits per heavy atom. The van der Waals surface area contributed by atoms with E-state index in [-0.39, 0.29) is 28.0 Å². The van der Waals surface area contributed by atoms with E-state index in [9.17, 15) is 10.1 Å². The first-order chi connectivity index (χ1) is 8.90. The first kappa shape index (κ1) is 14.0. The van der Waals surface area contributed by atoms with Gasteiger partial charge in [0.2, 0.25) is 5.82 Å². The van der Waals surface area contributed by atoms with Gasteiger partial charge in [0.05, 0.1) is 9.95 Å². The second kappa shape index (κ2) is 5.30. The molecule has 2 heterocycles. The topological polar surface area (TPSA) is 80.1 Å². The third-order valence-electron chi connectivity index (χ3n) is 3.48. The van der Waals surface area contributed by atoms with Crippen molar-refractivity contribution in [3.8, 4) is 0 Å². The first-order valence-corrected chi connectivity index (χ1v) is 6.55. The van der Waals surface area contributed by atoms with E-state index in [2.05, 4.69) is 29.5 Å². The summed E-state index contributed by atoms with van der Waals surface area (Å²) in [6.45, 7) is 6.01. The van der Waals surface area contributed by atoms with Crippen molar-refractivity contribution in [2.75, 3.05) is 18.4 Å². The summed E-state index contributed by atoms with van der Waals surface area (Å²) in [6.07, 6.45) is 2.32. The van der Waals surface area contributed by atoms with Crippen LogP contribution in [-0.4, -0.2) is 29.0 Å². The maximum Gasteiger partial charge on any atom is 0.312 e. The second-order valence-corrected chi connectivity index (χ2v) is 5.87. The van der Waals surface area contributed by atoms with Crippen LogP contribution in [0.25, 0.3) is 0 Å². The molecule has 1 unspecified atom stereocenters. The molecule has 1 aliphatic heterocycles. The molecule has 0 bridgehead atoms. The summed E-state index contributed by atoms with van der Waals surface area (Å²) < 4.78 is 0. The van der Waals surface area contributed by atoms with E-state index in [4.69, 9.17) is 11.6 Å². The Kier molecular flexibility index (Phi) is 3.91. The lowest BCUT2D eigenvalue weighted by atomic mass is 9.80. The maximum atomic E-state index is 11.0. The van der Waals surface area contributed by atoms with Gasteiger partial charge in [-0.2, -0.15) is 0 Å². The molecule has 0 aliphatic carbocycles. The summed E-state index contributed by atoms with van der Waals surface area (Å²) in [7, 11) is 0. The van der Waals surface area contributed by atoms with Gasteiger partial charge in [-0.1, -0.05) is 25.4 Å². The monoisotopic (exact) mass is 284 g/mol. The number of pyridine rings is 1. The van der Waals surface area contributed by atoms with Crippen LogP contribution in [0.5, 0.6) is 0 Å². The highest BCUT2D eigenvalue weighted by molar-refractivity contribution is 6.30. The molecule has 2 N–H and O–H groups in total. The van der Waals surface area contributed by atoms with Gasteiger partial charge in [0.25, 0.3) is 0 Å². The molecule has 1 aliphatic rings. The Balaban J connectivity index is 2.25. The van der Waals surface area contributed by atoms with Crippen LogP contribution in [0.3, 0.4) is 0 Å². The maximum absolute atomic E-state index is 11.0. The summed E-state index contributed by atoms with van der Waals surface area (Å²) in [6, 6.07) is 1.46. The third-order valence-corrected chi connectivity index (χ3v) is 3.68. The van der Waals surface area contributed by atoms with Crippen LogP contribution in [0.1, 0.15) is 20.3 Å². The highest BCUT2D eigenvalue weighted by Gasteiger charge is 2.33. The normalized spacial score (nSPS) is 21.9. The van der Waals surface area contributed by atoms with E-state index in [1.807, 2.05) is 0 Å². The SMILES string of the molecule is CC1(C)CNCCC1Nc1ncc(Cl)cc1[N+](=O)[O-]. The summed E-state index contributed by atoms with van der Waals surface area (Å²) in [5.41, 5.74) is -0.0743. The number of hydrogen-bond acceptors (Lipinski definition) is 5. The molecule has 0 saturated carbocycles. The minimum absolute atomic E-state index is 0.00738. The van der Waals surface area contributed by atoms with Gasteiger partial charge in [-0.3, -0.25) is 10.1 Å². The summed E-state index contributed by atoms with van der Waals surface area (Å²) >= 11 is 5.75. The fourth-order valence-electron chi connectivity index (χ4n) is 2.28. The standard InChI is InChI=1S/C12H17ClN4O2/c1-12(2)7-14-4-3-10(12)16-11-9(17(18)19)5-8(13)6-15-11/h5-6,10,14H,3-4,7H2,1-2H3,(H,15,16). The Morgan fingerprint density at radius 2 is 2.37 bits per heavy atom. The number of piperidine rings is 1. The molecule has 1 atom stereocenters. The molecule has 0 radical (unpaired) electrons. The van der Waals surface area contributed by atoms with Gasteiger partial charge in [0, 0.05) is 24.8 Å². The number of nitrogens with one attached hydrogen (secondary N) is 2. The van der Waals surface area contributed by atoms with Crippen LogP contribution in [0, 0.1) is 15.5 Å². The van der Waals surface area contributed by atoms with E-state index in [0.717, 1.165) is 19.5 Å². The quantitative estimate of drug-likeness (QED) is 0.658. The van der Waals surface area contributed by atoms with Gasteiger partial charge < -0.3 is 10.6 Å². The average molecular weight is 285 g/mol. The van der Waals surface area contributed by atoms with Crippen molar-refractivity contribution in [3.05, 3.63) is 27.4 Å². The lowest BCUT2D eigenvalue weighted by Crippen LogP contribution is -2.49. The molecule has 104 valence electrons. The summed E-state index contributed by atoms with van der Waals surface area (Å²) in [5.74, 6) is 0.286. The molecule has 0 spiro atoms. The Labute approximate surface area is 116 Å². The molecule has 6 nitrogen and oxygen atoms in total. The summed E-state index contributed by atoms with van der Waals surface area (Å²) in [4.78, 5) is 14.6. The first-order valence-electron chi connectivity index (χ1n) is 6.17. The van der Waals surface area contributed by atoms with Crippen LogP contribution in [-0.2, 0) is 0 Å². The smallest absolute Gasteiger partial charge is 0.312 e. The van der Waals surface area contributed by atoms with E-state index in [1.54, 1.807) is 0 Å². The molecular formula is C12H17ClN4O2. The third kappa shape index (κ3) is 3.13. The van der Waals surface area contributed by atoms with Gasteiger partial charge in [-0.05, 0) is 18.4 Å². The van der Waals surface area contributed by atoms with Crippen molar-refractivity contribution in [2.45, 2.75) is 26.3 Å². The van der Waals surface area contributed by atoms with Crippen LogP contribution < -0.4 is 10.6 Å². The zero-order chi connectivity index (χ0) is 14.0. The zero-order valence-electron chi connectivity index (χ0n) is 10.9. The van der Waals surface area contributed by atoms with Crippen LogP contribution >= 0.6 is 11.6 Å². The van der Waals surface area contributed by atoms with Crippen molar-refractivity contribution in [1.82, 2.24) is 10.3 Å². The van der Waals surface area contributed by atoms with Crippen molar-refractivity contribution in [1.29, 1.82) is 0 Å². The number of halogens is 1. The zero-order valence-corrected chi connectivity index (χ0v) is 11.7. The fraction of sp³-hybridized carbons (Fsp3) is 0.583. The van der Waals surface area contributed by atoms with Crippen molar-refractivity contribution >= 4 is 23.1 Å². The fourth-order valence-corrected chi connectivity index (χ4v) is 2.43. The number of rotatable bonds is 3. The minimum atomic E-state index is -0.463. The molecule has 19 heavy (non-hydrogen) atoms. The van der Waals surface area contributed by atoms with Crippen molar-refractivity contribution in [2.24, 2.45) is 5.41 Å². The lowest BCUT2D eigenvalue weighted by Gasteiger charge is -2.39. The van der Waals surface area contributed by atoms with Crippen molar-refractivity contribution < 1.29 is 4.92 Å². The molecule has 1 aromatic heterocycles. The molecule has 1 saturated heterocycles. The highest BCUT2D eigenvalue weighted by atomic mass is 35.5. The molecular weight excluding hydrogens is 268 g/mol. The van der Waals surface area contributed by atoms with E-state index < -0.39 is 4.92 Å². The van der Waals surface area contributed by atoms with Gasteiger partial charge in [-0.25, -0.2) is 4.98 Å². The molecule has 1 aromatic rings. The molecule has 2 rings (SSSR count). The van der Waals surface area contributed by atoms with E-state index in [0.29, 0.717) is 0 Å². The number of hydrogen-bond donors (Lipinski definition) is 2. The van der Waals surface area contributed by atoms with Gasteiger partial charge in [0.15, 0.2) is 0 Å². The second-order valence-electron chi connectivity index (χ2n) is 5.43. The molecule has 0 amide bonds. The van der Waals surface area contributed by atoms with Crippen molar-refractivity contribution in [3.63, 3.8) is 0 Å². The van der Waals surface area contributed by atoms with Crippen LogP contribution in [0.4, 0.5) is 11.5 Å².